The van der Waals surface area contributed by atoms with E-state index < -0.39 is 23.7 Å². The van der Waals surface area contributed by atoms with E-state index in [1.165, 1.54) is 18.2 Å². The molecule has 4 rings (SSSR count). The number of benzene rings is 2. The molecule has 156 valence electrons. The number of aryl methyl sites for hydroxylation is 2. The molecule has 3 aromatic rings. The zero-order valence-corrected chi connectivity index (χ0v) is 17.3. The van der Waals surface area contributed by atoms with E-state index in [2.05, 4.69) is 5.32 Å². The van der Waals surface area contributed by atoms with Crippen molar-refractivity contribution in [3.63, 3.8) is 0 Å². The highest BCUT2D eigenvalue weighted by molar-refractivity contribution is 6.39. The van der Waals surface area contributed by atoms with Gasteiger partial charge in [-0.15, -0.1) is 0 Å². The summed E-state index contributed by atoms with van der Waals surface area (Å²) in [6.45, 7) is 5.84. The number of amides is 4. The molecule has 0 saturated carbocycles. The van der Waals surface area contributed by atoms with E-state index in [1.807, 2.05) is 55.7 Å². The lowest BCUT2D eigenvalue weighted by atomic mass is 10.1. The maximum absolute atomic E-state index is 13.2. The van der Waals surface area contributed by atoms with Gasteiger partial charge in [-0.2, -0.15) is 0 Å². The van der Waals surface area contributed by atoms with E-state index in [1.54, 1.807) is 0 Å². The predicted molar refractivity (Wildman–Crippen MR) is 115 cm³/mol. The summed E-state index contributed by atoms with van der Waals surface area (Å²) in [5.74, 6) is -2.03. The number of urea groups is 1. The van der Waals surface area contributed by atoms with Crippen LogP contribution in [0.1, 0.15) is 22.5 Å². The number of hydrogen-bond donors (Lipinski definition) is 1. The van der Waals surface area contributed by atoms with Crippen LogP contribution in [0.4, 0.5) is 14.9 Å². The van der Waals surface area contributed by atoms with Gasteiger partial charge in [0.05, 0.1) is 5.69 Å². The molecule has 0 unspecified atom stereocenters. The summed E-state index contributed by atoms with van der Waals surface area (Å²) in [7, 11) is 0. The largest absolute Gasteiger partial charge is 0.335 e. The Morgan fingerprint density at radius 2 is 1.48 bits per heavy atom. The standard InChI is InChI=1S/C24H20FN3O3/c1-14-4-8-19(9-5-14)27-15(2)12-17(16(27)3)13-21-22(29)26-24(31)28(23(21)30)20-10-6-18(25)7-11-20/h4-13H,1-3H3,(H,26,29,31)/b21-13+. The molecule has 0 radical (unpaired) electrons. The van der Waals surface area contributed by atoms with Crippen LogP contribution < -0.4 is 10.2 Å². The molecular formula is C24H20FN3O3. The van der Waals surface area contributed by atoms with Crippen LogP contribution in [0, 0.1) is 26.6 Å². The minimum atomic E-state index is -0.871. The average molecular weight is 417 g/mol. The third-order valence-electron chi connectivity index (χ3n) is 5.25. The van der Waals surface area contributed by atoms with Gasteiger partial charge in [0.2, 0.25) is 0 Å². The van der Waals surface area contributed by atoms with Crippen LogP contribution >= 0.6 is 0 Å². The van der Waals surface area contributed by atoms with Crippen LogP contribution in [-0.2, 0) is 9.59 Å². The molecule has 6 nitrogen and oxygen atoms in total. The maximum atomic E-state index is 13.2. The smallest absolute Gasteiger partial charge is 0.318 e. The van der Waals surface area contributed by atoms with Crippen LogP contribution in [-0.4, -0.2) is 22.4 Å². The Morgan fingerprint density at radius 3 is 2.13 bits per heavy atom. The van der Waals surface area contributed by atoms with Crippen molar-refractivity contribution < 1.29 is 18.8 Å². The predicted octanol–water partition coefficient (Wildman–Crippen LogP) is 4.21. The molecule has 4 amide bonds. The number of rotatable bonds is 3. The Labute approximate surface area is 178 Å². The number of nitrogens with one attached hydrogen (secondary N) is 1. The van der Waals surface area contributed by atoms with Gasteiger partial charge in [-0.3, -0.25) is 14.9 Å². The monoisotopic (exact) mass is 417 g/mol. The van der Waals surface area contributed by atoms with Crippen LogP contribution in [0.15, 0.2) is 60.2 Å². The van der Waals surface area contributed by atoms with Crippen molar-refractivity contribution in [1.29, 1.82) is 0 Å². The van der Waals surface area contributed by atoms with Crippen molar-refractivity contribution in [2.45, 2.75) is 20.8 Å². The third-order valence-corrected chi connectivity index (χ3v) is 5.25. The zero-order chi connectivity index (χ0) is 22.3. The second-order valence-electron chi connectivity index (χ2n) is 7.43. The summed E-state index contributed by atoms with van der Waals surface area (Å²) in [5, 5.41) is 2.18. The van der Waals surface area contributed by atoms with E-state index in [0.717, 1.165) is 39.7 Å². The summed E-state index contributed by atoms with van der Waals surface area (Å²) in [6.07, 6.45) is 1.48. The lowest BCUT2D eigenvalue weighted by Gasteiger charge is -2.26. The minimum absolute atomic E-state index is 0.173. The highest BCUT2D eigenvalue weighted by atomic mass is 19.1. The van der Waals surface area contributed by atoms with Gasteiger partial charge in [-0.1, -0.05) is 17.7 Å². The number of barbiturate groups is 1. The highest BCUT2D eigenvalue weighted by Crippen LogP contribution is 2.26. The Hall–Kier alpha value is -4.00. The first-order valence-electron chi connectivity index (χ1n) is 9.69. The number of aromatic nitrogens is 1. The fraction of sp³-hybridized carbons (Fsp3) is 0.125. The van der Waals surface area contributed by atoms with E-state index in [-0.39, 0.29) is 11.3 Å². The molecule has 0 atom stereocenters. The summed E-state index contributed by atoms with van der Waals surface area (Å²) < 4.78 is 15.3. The average Bonchev–Trinajstić information content (AvgIpc) is 3.00. The van der Waals surface area contributed by atoms with Gasteiger partial charge in [0.1, 0.15) is 11.4 Å². The molecule has 1 aliphatic rings. The van der Waals surface area contributed by atoms with Gasteiger partial charge in [0.15, 0.2) is 0 Å². The Kier molecular flexibility index (Phi) is 5.02. The minimum Gasteiger partial charge on any atom is -0.318 e. The lowest BCUT2D eigenvalue weighted by Crippen LogP contribution is -2.54. The summed E-state index contributed by atoms with van der Waals surface area (Å²) in [6, 6.07) is 13.9. The molecule has 1 fully saturated rings. The third kappa shape index (κ3) is 3.66. The van der Waals surface area contributed by atoms with Gasteiger partial charge in [0.25, 0.3) is 11.8 Å². The van der Waals surface area contributed by atoms with E-state index in [4.69, 9.17) is 0 Å². The maximum Gasteiger partial charge on any atom is 0.335 e. The van der Waals surface area contributed by atoms with Crippen molar-refractivity contribution in [2.75, 3.05) is 4.90 Å². The first-order chi connectivity index (χ1) is 14.8. The number of hydrogen-bond acceptors (Lipinski definition) is 3. The van der Waals surface area contributed by atoms with E-state index in [0.29, 0.717) is 5.56 Å². The molecule has 31 heavy (non-hydrogen) atoms. The van der Waals surface area contributed by atoms with Gasteiger partial charge in [-0.05, 0) is 74.9 Å². The topological polar surface area (TPSA) is 71.4 Å². The van der Waals surface area contributed by atoms with E-state index in [9.17, 15) is 18.8 Å². The molecular weight excluding hydrogens is 397 g/mol. The van der Waals surface area contributed by atoms with Gasteiger partial charge in [0, 0.05) is 17.1 Å². The summed E-state index contributed by atoms with van der Waals surface area (Å²) in [4.78, 5) is 38.6. The molecule has 0 spiro atoms. The molecule has 7 heteroatoms. The van der Waals surface area contributed by atoms with Crippen molar-refractivity contribution in [3.05, 3.63) is 88.5 Å². The van der Waals surface area contributed by atoms with Crippen LogP contribution in [0.3, 0.4) is 0 Å². The molecule has 0 aliphatic carbocycles. The van der Waals surface area contributed by atoms with E-state index >= 15 is 0 Å². The van der Waals surface area contributed by atoms with Crippen molar-refractivity contribution in [2.24, 2.45) is 0 Å². The summed E-state index contributed by atoms with van der Waals surface area (Å²) >= 11 is 0. The number of carbonyl (C=O) groups is 3. The van der Waals surface area contributed by atoms with Crippen molar-refractivity contribution in [1.82, 2.24) is 9.88 Å². The normalized spacial score (nSPS) is 15.5. The molecule has 1 N–H and O–H groups in total. The van der Waals surface area contributed by atoms with Crippen LogP contribution in [0.2, 0.25) is 0 Å². The van der Waals surface area contributed by atoms with Crippen LogP contribution in [0.25, 0.3) is 11.8 Å². The number of halogens is 1. The second-order valence-corrected chi connectivity index (χ2v) is 7.43. The number of carbonyl (C=O) groups excluding carboxylic acids is 3. The fourth-order valence-corrected chi connectivity index (χ4v) is 3.66. The second kappa shape index (κ2) is 7.68. The Morgan fingerprint density at radius 1 is 0.871 bits per heavy atom. The highest BCUT2D eigenvalue weighted by Gasteiger charge is 2.37. The fourth-order valence-electron chi connectivity index (χ4n) is 3.66. The molecule has 1 aromatic heterocycles. The first kappa shape index (κ1) is 20.3. The number of anilines is 1. The Balaban J connectivity index is 1.75. The van der Waals surface area contributed by atoms with Gasteiger partial charge in [-0.25, -0.2) is 14.1 Å². The molecule has 0 bridgehead atoms. The lowest BCUT2D eigenvalue weighted by molar-refractivity contribution is -0.122. The van der Waals surface area contributed by atoms with Gasteiger partial charge >= 0.3 is 6.03 Å². The molecule has 2 aromatic carbocycles. The van der Waals surface area contributed by atoms with Gasteiger partial charge < -0.3 is 4.57 Å². The van der Waals surface area contributed by atoms with Crippen molar-refractivity contribution in [3.8, 4) is 5.69 Å². The quantitative estimate of drug-likeness (QED) is 0.513. The molecule has 2 heterocycles. The molecule has 1 aliphatic heterocycles. The number of imide groups is 2. The van der Waals surface area contributed by atoms with Crippen molar-refractivity contribution >= 4 is 29.6 Å². The first-order valence-corrected chi connectivity index (χ1v) is 9.69. The van der Waals surface area contributed by atoms with Crippen LogP contribution in [0.5, 0.6) is 0 Å². The Bertz CT molecular complexity index is 1240. The molecule has 1 saturated heterocycles. The zero-order valence-electron chi connectivity index (χ0n) is 17.3. The number of nitrogens with zero attached hydrogens (tertiary/aromatic N) is 2. The summed E-state index contributed by atoms with van der Waals surface area (Å²) in [5.41, 5.74) is 4.57. The SMILES string of the molecule is Cc1ccc(-n2c(C)cc(/C=C3\C(=O)NC(=O)N(c4ccc(F)cc4)C3=O)c2C)cc1.